The molecule has 0 saturated carbocycles. The van der Waals surface area contributed by atoms with E-state index in [0.717, 1.165) is 0 Å². The summed E-state index contributed by atoms with van der Waals surface area (Å²) < 4.78 is 63.9. The van der Waals surface area contributed by atoms with Crippen LogP contribution in [-0.2, 0) is 6.61 Å². The van der Waals surface area contributed by atoms with Gasteiger partial charge >= 0.3 is 6.36 Å². The number of pyridine rings is 1. The molecule has 0 saturated heterocycles. The molecule has 17 heavy (non-hydrogen) atoms. The van der Waals surface area contributed by atoms with E-state index in [2.05, 4.69) is 9.72 Å². The van der Waals surface area contributed by atoms with E-state index in [1.807, 2.05) is 0 Å². The van der Waals surface area contributed by atoms with Crippen molar-refractivity contribution >= 4 is 5.82 Å². The van der Waals surface area contributed by atoms with Crippen molar-refractivity contribution in [3.05, 3.63) is 17.2 Å². The Kier molecular flexibility index (Phi) is 3.71. The van der Waals surface area contributed by atoms with Gasteiger partial charge in [-0.25, -0.2) is 8.78 Å². The highest BCUT2D eigenvalue weighted by molar-refractivity contribution is 5.48. The summed E-state index contributed by atoms with van der Waals surface area (Å²) in [5, 5.41) is 8.76. The Morgan fingerprint density at radius 3 is 2.41 bits per heavy atom. The minimum absolute atomic E-state index is 0.466. The Hall–Kier alpha value is -1.64. The summed E-state index contributed by atoms with van der Waals surface area (Å²) in [6.07, 6.45) is -8.07. The van der Waals surface area contributed by atoms with E-state index in [1.165, 1.54) is 0 Å². The maximum Gasteiger partial charge on any atom is 0.574 e. The van der Waals surface area contributed by atoms with E-state index in [-0.39, 0.29) is 0 Å². The van der Waals surface area contributed by atoms with E-state index in [4.69, 9.17) is 10.8 Å². The van der Waals surface area contributed by atoms with Gasteiger partial charge in [0.2, 0.25) is 5.88 Å². The number of rotatable bonds is 3. The Bertz CT molecular complexity index is 408. The van der Waals surface area contributed by atoms with Gasteiger partial charge in [-0.3, -0.25) is 0 Å². The predicted molar refractivity (Wildman–Crippen MR) is 46.2 cm³/mol. The number of aliphatic hydroxyl groups excluding tert-OH is 1. The van der Waals surface area contributed by atoms with Gasteiger partial charge in [0.25, 0.3) is 6.43 Å². The Morgan fingerprint density at radius 1 is 1.41 bits per heavy atom. The van der Waals surface area contributed by atoms with Crippen LogP contribution < -0.4 is 10.5 Å². The van der Waals surface area contributed by atoms with Gasteiger partial charge in [-0.15, -0.1) is 13.2 Å². The fourth-order valence-corrected chi connectivity index (χ4v) is 1.16. The van der Waals surface area contributed by atoms with Crippen LogP contribution in [0.3, 0.4) is 0 Å². The van der Waals surface area contributed by atoms with Crippen molar-refractivity contribution in [3.8, 4) is 5.88 Å². The third-order valence-electron chi connectivity index (χ3n) is 1.76. The van der Waals surface area contributed by atoms with Crippen LogP contribution in [0.1, 0.15) is 17.6 Å². The third-order valence-corrected chi connectivity index (χ3v) is 1.76. The van der Waals surface area contributed by atoms with Gasteiger partial charge in [-0.05, 0) is 5.56 Å². The number of nitrogens with zero attached hydrogens (tertiary/aromatic N) is 1. The zero-order valence-electron chi connectivity index (χ0n) is 8.13. The smallest absolute Gasteiger partial charge is 0.392 e. The number of anilines is 1. The second-order valence-corrected chi connectivity index (χ2v) is 2.93. The highest BCUT2D eigenvalue weighted by atomic mass is 19.4. The van der Waals surface area contributed by atoms with Crippen molar-refractivity contribution < 1.29 is 31.8 Å². The molecule has 0 spiro atoms. The molecule has 0 aromatic carbocycles. The van der Waals surface area contributed by atoms with E-state index < -0.39 is 42.2 Å². The fraction of sp³-hybridized carbons (Fsp3) is 0.375. The minimum Gasteiger partial charge on any atom is -0.392 e. The highest BCUT2D eigenvalue weighted by Crippen LogP contribution is 2.31. The largest absolute Gasteiger partial charge is 0.574 e. The molecule has 1 aromatic rings. The van der Waals surface area contributed by atoms with Crippen molar-refractivity contribution in [2.45, 2.75) is 19.4 Å². The van der Waals surface area contributed by atoms with Crippen molar-refractivity contribution in [2.24, 2.45) is 0 Å². The van der Waals surface area contributed by atoms with Gasteiger partial charge in [-0.2, -0.15) is 4.98 Å². The number of ether oxygens (including phenoxy) is 1. The lowest BCUT2D eigenvalue weighted by Crippen LogP contribution is -2.19. The van der Waals surface area contributed by atoms with E-state index in [0.29, 0.717) is 6.07 Å². The minimum atomic E-state index is -5.02. The van der Waals surface area contributed by atoms with Crippen molar-refractivity contribution in [1.29, 1.82) is 0 Å². The first-order valence-corrected chi connectivity index (χ1v) is 4.18. The number of nitrogens with two attached hydrogens (primary N) is 1. The van der Waals surface area contributed by atoms with Crippen molar-refractivity contribution in [1.82, 2.24) is 4.98 Å². The highest BCUT2D eigenvalue weighted by Gasteiger charge is 2.32. The number of aliphatic hydroxyl groups is 1. The first-order valence-electron chi connectivity index (χ1n) is 4.18. The topological polar surface area (TPSA) is 68.4 Å². The first-order chi connectivity index (χ1) is 7.74. The Balaban J connectivity index is 3.18. The molecule has 3 N–H and O–H groups in total. The van der Waals surface area contributed by atoms with Crippen LogP contribution in [-0.4, -0.2) is 16.5 Å². The lowest BCUT2D eigenvalue weighted by Gasteiger charge is -2.13. The monoisotopic (exact) mass is 258 g/mol. The average molecular weight is 258 g/mol. The second-order valence-electron chi connectivity index (χ2n) is 2.93. The summed E-state index contributed by atoms with van der Waals surface area (Å²) >= 11 is 0. The molecule has 0 aliphatic carbocycles. The van der Waals surface area contributed by atoms with Crippen molar-refractivity contribution in [2.75, 3.05) is 5.73 Å². The van der Waals surface area contributed by atoms with Gasteiger partial charge in [0.15, 0.2) is 0 Å². The molecule has 0 amide bonds. The first kappa shape index (κ1) is 13.4. The molecular weight excluding hydrogens is 251 g/mol. The molecule has 0 fully saturated rings. The molecule has 9 heteroatoms. The van der Waals surface area contributed by atoms with Crippen LogP contribution in [0.4, 0.5) is 27.8 Å². The van der Waals surface area contributed by atoms with Gasteiger partial charge in [0, 0.05) is 6.07 Å². The van der Waals surface area contributed by atoms with Crippen LogP contribution in [0.15, 0.2) is 6.07 Å². The second kappa shape index (κ2) is 4.70. The van der Waals surface area contributed by atoms with Gasteiger partial charge in [0.05, 0.1) is 12.2 Å². The summed E-state index contributed by atoms with van der Waals surface area (Å²) in [4.78, 5) is 3.03. The molecule has 4 nitrogen and oxygen atoms in total. The molecule has 0 bridgehead atoms. The molecule has 0 aliphatic heterocycles. The fourth-order valence-electron chi connectivity index (χ4n) is 1.16. The zero-order valence-corrected chi connectivity index (χ0v) is 8.13. The summed E-state index contributed by atoms with van der Waals surface area (Å²) in [5.74, 6) is -1.81. The number of alkyl halides is 5. The predicted octanol–water partition coefficient (Wildman–Crippen LogP) is 1.99. The van der Waals surface area contributed by atoms with Crippen LogP contribution in [0.2, 0.25) is 0 Å². The summed E-state index contributed by atoms with van der Waals surface area (Å²) in [6.45, 7) is -0.902. The molecule has 0 aliphatic rings. The molecule has 0 atom stereocenters. The maximum atomic E-state index is 12.5. The lowest BCUT2D eigenvalue weighted by molar-refractivity contribution is -0.276. The summed E-state index contributed by atoms with van der Waals surface area (Å²) in [7, 11) is 0. The van der Waals surface area contributed by atoms with Gasteiger partial charge in [0.1, 0.15) is 5.82 Å². The normalized spacial score (nSPS) is 11.9. The Morgan fingerprint density at radius 2 is 2.00 bits per heavy atom. The molecule has 1 aromatic heterocycles. The average Bonchev–Trinajstić information content (AvgIpc) is 2.12. The standard InChI is InChI=1S/C8H7F5N2O2/c9-6(10)5-3(2-16)1-4(15-7(5)14)17-8(11,12)13/h1,6,16H,2H2,(H2,14,15). The molecule has 1 rings (SSSR count). The molecule has 0 unspecified atom stereocenters. The third kappa shape index (κ3) is 3.41. The number of nitrogen functional groups attached to an aromatic ring is 1. The number of hydrogen-bond donors (Lipinski definition) is 2. The number of halogens is 5. The molecule has 96 valence electrons. The summed E-state index contributed by atoms with van der Waals surface area (Å²) in [6, 6.07) is 0.561. The molecule has 1 heterocycles. The van der Waals surface area contributed by atoms with E-state index in [9.17, 15) is 22.0 Å². The maximum absolute atomic E-state index is 12.5. The number of hydrogen-bond acceptors (Lipinski definition) is 4. The van der Waals surface area contributed by atoms with Gasteiger partial charge in [-0.1, -0.05) is 0 Å². The Labute approximate surface area is 91.8 Å². The lowest BCUT2D eigenvalue weighted by atomic mass is 10.1. The van der Waals surface area contributed by atoms with Crippen LogP contribution >= 0.6 is 0 Å². The van der Waals surface area contributed by atoms with E-state index in [1.54, 1.807) is 0 Å². The van der Waals surface area contributed by atoms with Crippen molar-refractivity contribution in [3.63, 3.8) is 0 Å². The van der Waals surface area contributed by atoms with Crippen LogP contribution in [0.25, 0.3) is 0 Å². The quantitative estimate of drug-likeness (QED) is 0.813. The zero-order chi connectivity index (χ0) is 13.2. The number of aromatic nitrogens is 1. The molecular formula is C8H7F5N2O2. The van der Waals surface area contributed by atoms with Crippen LogP contribution in [0.5, 0.6) is 5.88 Å². The SMILES string of the molecule is Nc1nc(OC(F)(F)F)cc(CO)c1C(F)F. The molecule has 0 radical (unpaired) electrons. The summed E-state index contributed by atoms with van der Waals surface area (Å²) in [5.41, 5.74) is 3.80. The van der Waals surface area contributed by atoms with Gasteiger partial charge < -0.3 is 15.6 Å². The van der Waals surface area contributed by atoms with E-state index >= 15 is 0 Å². The van der Waals surface area contributed by atoms with Crippen LogP contribution in [0, 0.1) is 0 Å².